The van der Waals surface area contributed by atoms with Crippen LogP contribution in [0, 0.1) is 11.8 Å². The Morgan fingerprint density at radius 2 is 1.90 bits per heavy atom. The smallest absolute Gasteiger partial charge is 0.127 e. The molecule has 1 aliphatic carbocycles. The number of aldehydes is 1. The van der Waals surface area contributed by atoms with Crippen LogP contribution >= 0.6 is 0 Å². The van der Waals surface area contributed by atoms with Crippen LogP contribution in [-0.2, 0) is 4.79 Å². The molecule has 2 rings (SSSR count). The molecule has 0 heterocycles. The minimum absolute atomic E-state index is 0.0507. The number of carbonyl (C=O) groups is 1. The van der Waals surface area contributed by atoms with Crippen molar-refractivity contribution in [3.8, 4) is 0 Å². The van der Waals surface area contributed by atoms with Crippen molar-refractivity contribution < 1.29 is 15.0 Å². The maximum atomic E-state index is 10.8. The van der Waals surface area contributed by atoms with Crippen molar-refractivity contribution in [3.63, 3.8) is 0 Å². The second kappa shape index (κ2) is 8.46. The molecule has 0 aliphatic heterocycles. The summed E-state index contributed by atoms with van der Waals surface area (Å²) in [6, 6.07) is 9.65. The lowest BCUT2D eigenvalue weighted by Gasteiger charge is -2.23. The molecular formula is C17H22O3. The summed E-state index contributed by atoms with van der Waals surface area (Å²) in [5.41, 5.74) is 1.92. The van der Waals surface area contributed by atoms with Gasteiger partial charge in [-0.3, -0.25) is 0 Å². The first kappa shape index (κ1) is 16.3. The van der Waals surface area contributed by atoms with Crippen LogP contribution in [0.25, 0.3) is 0 Å². The molecule has 2 N–H and O–H groups in total. The van der Waals surface area contributed by atoms with E-state index in [1.807, 2.05) is 55.5 Å². The average Bonchev–Trinajstić information content (AvgIpc) is 2.56. The Morgan fingerprint density at radius 3 is 2.50 bits per heavy atom. The number of rotatable bonds is 4. The van der Waals surface area contributed by atoms with Gasteiger partial charge in [-0.05, 0) is 17.6 Å². The fraction of sp³-hybridized carbons (Fsp3) is 0.353. The van der Waals surface area contributed by atoms with Gasteiger partial charge in [-0.2, -0.15) is 0 Å². The molecule has 1 aromatic rings. The Morgan fingerprint density at radius 1 is 1.25 bits per heavy atom. The molecule has 20 heavy (non-hydrogen) atoms. The van der Waals surface area contributed by atoms with E-state index in [0.717, 1.165) is 31.0 Å². The predicted octanol–water partition coefficient (Wildman–Crippen LogP) is 2.67. The van der Waals surface area contributed by atoms with E-state index in [9.17, 15) is 9.90 Å². The zero-order valence-corrected chi connectivity index (χ0v) is 11.9. The van der Waals surface area contributed by atoms with Crippen molar-refractivity contribution in [3.05, 3.63) is 59.7 Å². The molecule has 2 unspecified atom stereocenters. The number of benzene rings is 1. The summed E-state index contributed by atoms with van der Waals surface area (Å²) in [6.45, 7) is 1.88. The maximum absolute atomic E-state index is 10.8. The van der Waals surface area contributed by atoms with E-state index in [1.54, 1.807) is 0 Å². The van der Waals surface area contributed by atoms with Crippen molar-refractivity contribution >= 4 is 6.29 Å². The van der Waals surface area contributed by atoms with Crippen molar-refractivity contribution in [2.45, 2.75) is 19.4 Å². The molecule has 0 fully saturated rings. The molecule has 3 atom stereocenters. The number of hydrogen-bond acceptors (Lipinski definition) is 3. The highest BCUT2D eigenvalue weighted by Crippen LogP contribution is 2.31. The molecule has 1 aromatic carbocycles. The third kappa shape index (κ3) is 4.15. The maximum Gasteiger partial charge on any atom is 0.127 e. The minimum atomic E-state index is -0.509. The lowest BCUT2D eigenvalue weighted by molar-refractivity contribution is -0.109. The molecule has 1 aliphatic rings. The second-order valence-electron chi connectivity index (χ2n) is 4.75. The van der Waals surface area contributed by atoms with Crippen LogP contribution in [0.3, 0.4) is 0 Å². The Kier molecular flexibility index (Phi) is 6.91. The first-order valence-corrected chi connectivity index (χ1v) is 6.73. The summed E-state index contributed by atoms with van der Waals surface area (Å²) in [5.74, 6) is -0.0539. The first-order valence-electron chi connectivity index (χ1n) is 6.73. The van der Waals surface area contributed by atoms with E-state index in [2.05, 4.69) is 0 Å². The molecule has 0 radical (unpaired) electrons. The molecule has 0 aromatic heterocycles. The van der Waals surface area contributed by atoms with E-state index in [0.29, 0.717) is 0 Å². The van der Waals surface area contributed by atoms with Gasteiger partial charge in [0.2, 0.25) is 0 Å². The van der Waals surface area contributed by atoms with Gasteiger partial charge in [-0.15, -0.1) is 0 Å². The zero-order chi connectivity index (χ0) is 15.0. The summed E-state index contributed by atoms with van der Waals surface area (Å²) in [6.07, 6.45) is 7.28. The average molecular weight is 274 g/mol. The molecule has 0 spiro atoms. The largest absolute Gasteiger partial charge is 0.400 e. The van der Waals surface area contributed by atoms with Gasteiger partial charge in [-0.25, -0.2) is 0 Å². The van der Waals surface area contributed by atoms with Crippen LogP contribution in [0.15, 0.2) is 54.1 Å². The van der Waals surface area contributed by atoms with Crippen LogP contribution in [0.2, 0.25) is 0 Å². The van der Waals surface area contributed by atoms with E-state index in [1.165, 1.54) is 0 Å². The zero-order valence-electron chi connectivity index (χ0n) is 11.9. The van der Waals surface area contributed by atoms with Crippen molar-refractivity contribution in [2.24, 2.45) is 11.8 Å². The topological polar surface area (TPSA) is 57.5 Å². The monoisotopic (exact) mass is 274 g/mol. The third-order valence-corrected chi connectivity index (χ3v) is 3.40. The summed E-state index contributed by atoms with van der Waals surface area (Å²) >= 11 is 0. The number of hydrogen-bond donors (Lipinski definition) is 2. The van der Waals surface area contributed by atoms with Crippen LogP contribution in [0.5, 0.6) is 0 Å². The van der Waals surface area contributed by atoms with E-state index < -0.39 is 6.10 Å². The highest BCUT2D eigenvalue weighted by Gasteiger charge is 2.21. The minimum Gasteiger partial charge on any atom is -0.400 e. The second-order valence-corrected chi connectivity index (χ2v) is 4.75. The summed E-state index contributed by atoms with van der Waals surface area (Å²) in [4.78, 5) is 10.8. The quantitative estimate of drug-likeness (QED) is 0.830. The molecule has 0 saturated carbocycles. The van der Waals surface area contributed by atoms with Gasteiger partial charge >= 0.3 is 0 Å². The fourth-order valence-corrected chi connectivity index (χ4v) is 2.23. The van der Waals surface area contributed by atoms with Gasteiger partial charge in [0, 0.05) is 18.9 Å². The standard InChI is InChI=1S/C16H18O2.CH4O/c1-12(11-17)14-8-5-9-15(10-14)16(18)13-6-3-2-4-7-13;1-2/h2-8,10-12,15-16,18H,9H2,1H3;2H,1H3/t12?,15-,16?;/m0./s1. The molecule has 0 bridgehead atoms. The van der Waals surface area contributed by atoms with E-state index >= 15 is 0 Å². The number of allylic oxidation sites excluding steroid dienone is 3. The number of carbonyl (C=O) groups excluding carboxylic acids is 1. The van der Waals surface area contributed by atoms with Gasteiger partial charge < -0.3 is 15.0 Å². The van der Waals surface area contributed by atoms with Gasteiger partial charge in [0.25, 0.3) is 0 Å². The highest BCUT2D eigenvalue weighted by molar-refractivity contribution is 5.60. The molecule has 108 valence electrons. The predicted molar refractivity (Wildman–Crippen MR) is 80.1 cm³/mol. The Balaban J connectivity index is 0.000000956. The van der Waals surface area contributed by atoms with Gasteiger partial charge in [0.1, 0.15) is 6.29 Å². The lowest BCUT2D eigenvalue weighted by atomic mass is 9.85. The molecule has 0 amide bonds. The normalized spacial score (nSPS) is 20.2. The molecule has 0 saturated heterocycles. The van der Waals surface area contributed by atoms with Crippen LogP contribution in [0.1, 0.15) is 25.0 Å². The fourth-order valence-electron chi connectivity index (χ4n) is 2.23. The summed E-state index contributed by atoms with van der Waals surface area (Å²) < 4.78 is 0. The van der Waals surface area contributed by atoms with Gasteiger partial charge in [0.05, 0.1) is 6.10 Å². The first-order chi connectivity index (χ1) is 9.72. The molecule has 3 nitrogen and oxygen atoms in total. The summed E-state index contributed by atoms with van der Waals surface area (Å²) in [5, 5.41) is 17.4. The van der Waals surface area contributed by atoms with Crippen molar-refractivity contribution in [1.29, 1.82) is 0 Å². The highest BCUT2D eigenvalue weighted by atomic mass is 16.3. The third-order valence-electron chi connectivity index (χ3n) is 3.40. The van der Waals surface area contributed by atoms with Crippen LogP contribution in [0.4, 0.5) is 0 Å². The van der Waals surface area contributed by atoms with E-state index in [-0.39, 0.29) is 11.8 Å². The Hall–Kier alpha value is -1.71. The van der Waals surface area contributed by atoms with Gasteiger partial charge in [-0.1, -0.05) is 55.5 Å². The Labute approximate surface area is 120 Å². The number of aliphatic hydroxyl groups excluding tert-OH is 2. The lowest BCUT2D eigenvalue weighted by Crippen LogP contribution is -2.14. The Bertz CT molecular complexity index is 462. The number of aliphatic hydroxyl groups is 2. The molecule has 3 heteroatoms. The SMILES string of the molecule is CC(C=O)C1=C[C@@H](C(O)c2ccccc2)CC=C1.CO. The van der Waals surface area contributed by atoms with Crippen molar-refractivity contribution in [2.75, 3.05) is 7.11 Å². The van der Waals surface area contributed by atoms with Crippen molar-refractivity contribution in [1.82, 2.24) is 0 Å². The van der Waals surface area contributed by atoms with Gasteiger partial charge in [0.15, 0.2) is 0 Å². The van der Waals surface area contributed by atoms with Crippen LogP contribution in [-0.4, -0.2) is 23.6 Å². The van der Waals surface area contributed by atoms with Crippen LogP contribution < -0.4 is 0 Å². The summed E-state index contributed by atoms with van der Waals surface area (Å²) in [7, 11) is 1.00. The van der Waals surface area contributed by atoms with E-state index in [4.69, 9.17) is 5.11 Å². The molecular weight excluding hydrogens is 252 g/mol.